The molecule has 0 aromatic rings. The number of unbranched alkanes of at least 4 members (excludes halogenated alkanes) is 18. The summed E-state index contributed by atoms with van der Waals surface area (Å²) in [5.74, 6) is -1.35. The van der Waals surface area contributed by atoms with E-state index in [1.165, 1.54) is 64.2 Å². The van der Waals surface area contributed by atoms with Crippen LogP contribution in [0.1, 0.15) is 207 Å². The van der Waals surface area contributed by atoms with E-state index in [2.05, 4.69) is 37.9 Å². The number of aliphatic hydroxyl groups excluding tert-OH is 1. The Hall–Kier alpha value is -2.20. The van der Waals surface area contributed by atoms with Crippen LogP contribution in [-0.4, -0.2) is 86.4 Å². The first-order valence-electron chi connectivity index (χ1n) is 24.4. The van der Waals surface area contributed by atoms with Gasteiger partial charge in [-0.25, -0.2) is 0 Å². The smallest absolute Gasteiger partial charge is 0.308 e. The lowest BCUT2D eigenvalue weighted by Crippen LogP contribution is -2.53. The molecule has 1 saturated heterocycles. The Kier molecular flexibility index (Phi) is 35.1. The molecule has 0 aromatic carbocycles. The van der Waals surface area contributed by atoms with Crippen molar-refractivity contribution in [3.63, 3.8) is 0 Å². The molecule has 0 radical (unpaired) electrons. The minimum Gasteiger partial charge on any atom is -0.465 e. The zero-order chi connectivity index (χ0) is 42.5. The maximum absolute atomic E-state index is 13.5. The average molecular weight is 823 g/mol. The van der Waals surface area contributed by atoms with Crippen LogP contribution < -0.4 is 5.32 Å². The van der Waals surface area contributed by atoms with Gasteiger partial charge in [0.25, 0.3) is 0 Å². The lowest BCUT2D eigenvalue weighted by molar-refractivity contribution is -0.158. The molecule has 2 atom stereocenters. The van der Waals surface area contributed by atoms with Gasteiger partial charge in [0, 0.05) is 26.1 Å². The number of carbonyl (C=O) groups is 4. The van der Waals surface area contributed by atoms with Crippen molar-refractivity contribution in [2.75, 3.05) is 52.6 Å². The van der Waals surface area contributed by atoms with Gasteiger partial charge in [0.2, 0.25) is 5.91 Å². The molecular formula is C48H90N2O8. The monoisotopic (exact) mass is 823 g/mol. The lowest BCUT2D eigenvalue weighted by Gasteiger charge is -2.38. The second-order valence-corrected chi connectivity index (χ2v) is 17.3. The fraction of sp³-hybridized carbons (Fsp3) is 0.917. The number of aliphatic hydroxyl groups is 1. The first-order chi connectivity index (χ1) is 28.3. The Labute approximate surface area is 355 Å². The molecule has 340 valence electrons. The second-order valence-electron chi connectivity index (χ2n) is 17.3. The van der Waals surface area contributed by atoms with E-state index < -0.39 is 5.92 Å². The molecule has 0 saturated carbocycles. The molecule has 0 bridgehead atoms. The van der Waals surface area contributed by atoms with Gasteiger partial charge in [0.05, 0.1) is 30.3 Å². The molecule has 1 rings (SSSR count). The molecule has 2 N–H and O–H groups in total. The normalized spacial score (nSPS) is 14.7. The molecule has 10 nitrogen and oxygen atoms in total. The van der Waals surface area contributed by atoms with Crippen LogP contribution in [0.25, 0.3) is 0 Å². The van der Waals surface area contributed by atoms with E-state index in [0.29, 0.717) is 19.4 Å². The molecule has 0 aliphatic carbocycles. The summed E-state index contributed by atoms with van der Waals surface area (Å²) in [5, 5.41) is 11.6. The Morgan fingerprint density at radius 3 is 1.40 bits per heavy atom. The predicted octanol–water partition coefficient (Wildman–Crippen LogP) is 10.5. The highest BCUT2D eigenvalue weighted by Crippen LogP contribution is 2.23. The van der Waals surface area contributed by atoms with Crippen LogP contribution in [0.2, 0.25) is 0 Å². The van der Waals surface area contributed by atoms with Crippen molar-refractivity contribution >= 4 is 23.8 Å². The summed E-state index contributed by atoms with van der Waals surface area (Å²) in [6, 6.07) is 0. The fourth-order valence-corrected chi connectivity index (χ4v) is 7.82. The van der Waals surface area contributed by atoms with Crippen LogP contribution in [0, 0.1) is 23.7 Å². The van der Waals surface area contributed by atoms with E-state index in [0.717, 1.165) is 122 Å². The number of nitrogens with one attached hydrogen (secondary N) is 1. The highest BCUT2D eigenvalue weighted by Gasteiger charge is 2.31. The van der Waals surface area contributed by atoms with E-state index in [9.17, 15) is 19.2 Å². The van der Waals surface area contributed by atoms with Crippen LogP contribution in [-0.2, 0) is 33.4 Å². The first kappa shape index (κ1) is 53.8. The standard InChI is InChI=1S/C48H90N2O8/c1-5-9-13-17-19-24-30-42(28-22-15-11-7-3)47(54)57-39-41(40-58-48(55)43(29-23-16-12-8-4)31-25-20-18-14-10-6-2)38-56-45(52)32-26-21-27-34-50-36-44(37-50)46(53)49-33-35-51/h41-44,51H,5-40H2,1-4H3,(H,49,53). The lowest BCUT2D eigenvalue weighted by atomic mass is 9.94. The average Bonchev–Trinajstić information content (AvgIpc) is 3.20. The summed E-state index contributed by atoms with van der Waals surface area (Å²) in [7, 11) is 0. The summed E-state index contributed by atoms with van der Waals surface area (Å²) in [6.45, 7) is 11.6. The molecule has 2 unspecified atom stereocenters. The van der Waals surface area contributed by atoms with Crippen molar-refractivity contribution in [3.8, 4) is 0 Å². The maximum atomic E-state index is 13.5. The molecule has 0 aromatic heterocycles. The molecular weight excluding hydrogens is 733 g/mol. The van der Waals surface area contributed by atoms with Crippen molar-refractivity contribution in [1.82, 2.24) is 10.2 Å². The minimum absolute atomic E-state index is 0.00154. The van der Waals surface area contributed by atoms with Gasteiger partial charge in [-0.1, -0.05) is 163 Å². The third kappa shape index (κ3) is 28.3. The van der Waals surface area contributed by atoms with E-state index in [1.54, 1.807) is 0 Å². The van der Waals surface area contributed by atoms with E-state index >= 15 is 0 Å². The third-order valence-electron chi connectivity index (χ3n) is 11.8. The number of nitrogens with zero attached hydrogens (tertiary/aromatic N) is 1. The fourth-order valence-electron chi connectivity index (χ4n) is 7.82. The number of carbonyl (C=O) groups excluding carboxylic acids is 4. The summed E-state index contributed by atoms with van der Waals surface area (Å²) in [5.41, 5.74) is 0. The third-order valence-corrected chi connectivity index (χ3v) is 11.8. The molecule has 1 amide bonds. The Balaban J connectivity index is 2.77. The van der Waals surface area contributed by atoms with Crippen molar-refractivity contribution < 1.29 is 38.5 Å². The van der Waals surface area contributed by atoms with Crippen molar-refractivity contribution in [1.29, 1.82) is 0 Å². The van der Waals surface area contributed by atoms with Gasteiger partial charge in [-0.3, -0.25) is 19.2 Å². The van der Waals surface area contributed by atoms with Gasteiger partial charge < -0.3 is 29.5 Å². The zero-order valence-electron chi connectivity index (χ0n) is 38.0. The van der Waals surface area contributed by atoms with E-state index in [-0.39, 0.29) is 68.0 Å². The van der Waals surface area contributed by atoms with Gasteiger partial charge in [-0.05, 0) is 45.1 Å². The van der Waals surface area contributed by atoms with Gasteiger partial charge in [0.1, 0.15) is 19.8 Å². The number of hydrogen-bond acceptors (Lipinski definition) is 9. The molecule has 1 heterocycles. The summed E-state index contributed by atoms with van der Waals surface area (Å²) < 4.78 is 17.7. The van der Waals surface area contributed by atoms with Crippen LogP contribution >= 0.6 is 0 Å². The number of likely N-dealkylation sites (tertiary alicyclic amines) is 1. The minimum atomic E-state index is -0.421. The van der Waals surface area contributed by atoms with Crippen LogP contribution in [0.4, 0.5) is 0 Å². The van der Waals surface area contributed by atoms with Crippen molar-refractivity contribution in [2.24, 2.45) is 23.7 Å². The van der Waals surface area contributed by atoms with Crippen molar-refractivity contribution in [2.45, 2.75) is 207 Å². The van der Waals surface area contributed by atoms with Crippen LogP contribution in [0.3, 0.4) is 0 Å². The molecule has 10 heteroatoms. The van der Waals surface area contributed by atoms with Crippen LogP contribution in [0.5, 0.6) is 0 Å². The summed E-state index contributed by atoms with van der Waals surface area (Å²) in [6.07, 6.45) is 29.2. The quantitative estimate of drug-likeness (QED) is 0.0351. The second kappa shape index (κ2) is 37.8. The van der Waals surface area contributed by atoms with Gasteiger partial charge in [-0.2, -0.15) is 0 Å². The highest BCUT2D eigenvalue weighted by atomic mass is 16.6. The number of ether oxygens (including phenoxy) is 3. The van der Waals surface area contributed by atoms with E-state index in [1.807, 2.05) is 0 Å². The number of esters is 3. The number of hydrogen-bond donors (Lipinski definition) is 2. The maximum Gasteiger partial charge on any atom is 0.308 e. The Morgan fingerprint density at radius 1 is 0.552 bits per heavy atom. The molecule has 58 heavy (non-hydrogen) atoms. The number of rotatable bonds is 41. The topological polar surface area (TPSA) is 131 Å². The van der Waals surface area contributed by atoms with E-state index in [4.69, 9.17) is 19.3 Å². The van der Waals surface area contributed by atoms with Gasteiger partial charge in [-0.15, -0.1) is 0 Å². The SMILES string of the molecule is CCCCCCCCC(CCCCCC)C(=O)OCC(COC(=O)CCCCCN1CC(C(=O)NCCO)C1)COC(=O)C(CCCCCC)CCCCCCCC. The van der Waals surface area contributed by atoms with Crippen molar-refractivity contribution in [3.05, 3.63) is 0 Å². The summed E-state index contributed by atoms with van der Waals surface area (Å²) >= 11 is 0. The van der Waals surface area contributed by atoms with Gasteiger partial charge in [0.15, 0.2) is 0 Å². The Morgan fingerprint density at radius 2 is 0.948 bits per heavy atom. The summed E-state index contributed by atoms with van der Waals surface area (Å²) in [4.78, 5) is 54.2. The number of amides is 1. The molecule has 1 aliphatic rings. The molecule has 1 aliphatic heterocycles. The first-order valence-corrected chi connectivity index (χ1v) is 24.4. The largest absolute Gasteiger partial charge is 0.465 e. The Bertz CT molecular complexity index is 972. The van der Waals surface area contributed by atoms with Crippen LogP contribution in [0.15, 0.2) is 0 Å². The molecule has 0 spiro atoms. The predicted molar refractivity (Wildman–Crippen MR) is 235 cm³/mol. The molecule has 1 fully saturated rings. The van der Waals surface area contributed by atoms with Gasteiger partial charge >= 0.3 is 17.9 Å². The zero-order valence-corrected chi connectivity index (χ0v) is 38.0. The highest BCUT2D eigenvalue weighted by molar-refractivity contribution is 5.80.